The molecular formula is C18H26N2O3. The summed E-state index contributed by atoms with van der Waals surface area (Å²) in [5.41, 5.74) is 1.29. The molecule has 5 heteroatoms. The highest BCUT2D eigenvalue weighted by atomic mass is 16.5. The van der Waals surface area contributed by atoms with Crippen LogP contribution in [0.25, 0.3) is 0 Å². The van der Waals surface area contributed by atoms with Gasteiger partial charge in [-0.3, -0.25) is 9.69 Å². The third kappa shape index (κ3) is 3.85. The Morgan fingerprint density at radius 1 is 1.13 bits per heavy atom. The van der Waals surface area contributed by atoms with Crippen molar-refractivity contribution in [2.24, 2.45) is 5.92 Å². The number of hydrogen-bond donors (Lipinski definition) is 0. The van der Waals surface area contributed by atoms with Crippen molar-refractivity contribution in [1.29, 1.82) is 0 Å². The number of ether oxygens (including phenoxy) is 2. The van der Waals surface area contributed by atoms with Gasteiger partial charge in [0.1, 0.15) is 12.4 Å². The number of carbonyl (C=O) groups excluding carboxylic acids is 1. The van der Waals surface area contributed by atoms with Gasteiger partial charge < -0.3 is 14.4 Å². The number of amides is 1. The van der Waals surface area contributed by atoms with E-state index in [9.17, 15) is 4.79 Å². The molecule has 1 aromatic rings. The molecular weight excluding hydrogens is 292 g/mol. The minimum atomic E-state index is 0.133. The van der Waals surface area contributed by atoms with E-state index in [4.69, 9.17) is 9.47 Å². The summed E-state index contributed by atoms with van der Waals surface area (Å²) in [6, 6.07) is 8.60. The third-order valence-corrected chi connectivity index (χ3v) is 4.94. The van der Waals surface area contributed by atoms with Crippen LogP contribution in [0.15, 0.2) is 24.3 Å². The molecule has 1 amide bonds. The first-order valence-corrected chi connectivity index (χ1v) is 8.33. The zero-order valence-corrected chi connectivity index (χ0v) is 14.0. The van der Waals surface area contributed by atoms with Crippen LogP contribution >= 0.6 is 0 Å². The van der Waals surface area contributed by atoms with Crippen LogP contribution in [0.2, 0.25) is 0 Å². The number of methoxy groups -OCH3 is 2. The Balaban J connectivity index is 1.65. The lowest BCUT2D eigenvalue weighted by Crippen LogP contribution is -2.48. The van der Waals surface area contributed by atoms with E-state index in [1.807, 2.05) is 17.0 Å². The molecule has 3 aliphatic heterocycles. The molecule has 3 heterocycles. The fraction of sp³-hybridized carbons (Fsp3) is 0.611. The highest BCUT2D eigenvalue weighted by Gasteiger charge is 2.36. The van der Waals surface area contributed by atoms with E-state index in [0.29, 0.717) is 12.0 Å². The van der Waals surface area contributed by atoms with Crippen LogP contribution in [0.1, 0.15) is 18.4 Å². The normalized spacial score (nSPS) is 24.5. The fourth-order valence-electron chi connectivity index (χ4n) is 3.81. The Labute approximate surface area is 138 Å². The van der Waals surface area contributed by atoms with E-state index in [1.165, 1.54) is 12.0 Å². The number of hydrogen-bond acceptors (Lipinski definition) is 4. The SMILES string of the molecule is COCC(=O)N1C[C@H]2CC[C@@H]1CN(Cc1ccc(OC)cc1)C2. The first-order valence-electron chi connectivity index (χ1n) is 8.33. The predicted molar refractivity (Wildman–Crippen MR) is 88.4 cm³/mol. The molecule has 4 rings (SSSR count). The number of rotatable bonds is 5. The molecule has 0 aliphatic carbocycles. The highest BCUT2D eigenvalue weighted by Crippen LogP contribution is 2.29. The van der Waals surface area contributed by atoms with Gasteiger partial charge in [-0.25, -0.2) is 0 Å². The predicted octanol–water partition coefficient (Wildman–Crippen LogP) is 1.76. The van der Waals surface area contributed by atoms with Gasteiger partial charge in [0.15, 0.2) is 0 Å². The van der Waals surface area contributed by atoms with Crippen molar-refractivity contribution in [3.8, 4) is 5.75 Å². The third-order valence-electron chi connectivity index (χ3n) is 4.94. The van der Waals surface area contributed by atoms with E-state index in [0.717, 1.165) is 38.3 Å². The van der Waals surface area contributed by atoms with Gasteiger partial charge in [0.25, 0.3) is 0 Å². The Morgan fingerprint density at radius 2 is 1.91 bits per heavy atom. The molecule has 23 heavy (non-hydrogen) atoms. The summed E-state index contributed by atoms with van der Waals surface area (Å²) in [5.74, 6) is 1.60. The Bertz CT molecular complexity index is 532. The zero-order chi connectivity index (χ0) is 16.2. The van der Waals surface area contributed by atoms with Crippen LogP contribution in [0.5, 0.6) is 5.75 Å². The second-order valence-electron chi connectivity index (χ2n) is 6.62. The maximum atomic E-state index is 12.2. The number of benzene rings is 1. The number of piperidine rings is 1. The Kier molecular flexibility index (Phi) is 5.18. The summed E-state index contributed by atoms with van der Waals surface area (Å²) >= 11 is 0. The van der Waals surface area contributed by atoms with Crippen LogP contribution in [0.3, 0.4) is 0 Å². The van der Waals surface area contributed by atoms with Crippen LogP contribution in [-0.4, -0.2) is 62.2 Å². The maximum Gasteiger partial charge on any atom is 0.248 e. The quantitative estimate of drug-likeness (QED) is 0.830. The van der Waals surface area contributed by atoms with E-state index >= 15 is 0 Å². The van der Waals surface area contributed by atoms with E-state index < -0.39 is 0 Å². The fourth-order valence-corrected chi connectivity index (χ4v) is 3.81. The smallest absolute Gasteiger partial charge is 0.248 e. The number of fused-ring (bicyclic) bond motifs is 4. The van der Waals surface area contributed by atoms with E-state index in [2.05, 4.69) is 17.0 Å². The molecule has 5 nitrogen and oxygen atoms in total. The van der Waals surface area contributed by atoms with Crippen molar-refractivity contribution < 1.29 is 14.3 Å². The average Bonchev–Trinajstić information content (AvgIpc) is 2.86. The summed E-state index contributed by atoms with van der Waals surface area (Å²) in [6.07, 6.45) is 2.33. The molecule has 0 unspecified atom stereocenters. The van der Waals surface area contributed by atoms with Gasteiger partial charge in [0.05, 0.1) is 7.11 Å². The van der Waals surface area contributed by atoms with Crippen LogP contribution in [0, 0.1) is 5.92 Å². The second-order valence-corrected chi connectivity index (χ2v) is 6.62. The summed E-state index contributed by atoms with van der Waals surface area (Å²) in [4.78, 5) is 16.8. The van der Waals surface area contributed by atoms with Gasteiger partial charge in [-0.15, -0.1) is 0 Å². The van der Waals surface area contributed by atoms with E-state index in [-0.39, 0.29) is 12.5 Å². The molecule has 3 aliphatic rings. The molecule has 0 N–H and O–H groups in total. The number of nitrogens with zero attached hydrogens (tertiary/aromatic N) is 2. The van der Waals surface area contributed by atoms with Gasteiger partial charge in [-0.05, 0) is 36.5 Å². The van der Waals surface area contributed by atoms with Crippen molar-refractivity contribution in [2.45, 2.75) is 25.4 Å². The second kappa shape index (κ2) is 7.32. The molecule has 0 spiro atoms. The van der Waals surface area contributed by atoms with Crippen molar-refractivity contribution in [2.75, 3.05) is 40.5 Å². The monoisotopic (exact) mass is 318 g/mol. The molecule has 126 valence electrons. The summed E-state index contributed by atoms with van der Waals surface area (Å²) in [6.45, 7) is 4.04. The number of carbonyl (C=O) groups is 1. The van der Waals surface area contributed by atoms with Gasteiger partial charge >= 0.3 is 0 Å². The van der Waals surface area contributed by atoms with Crippen molar-refractivity contribution >= 4 is 5.91 Å². The molecule has 0 radical (unpaired) electrons. The zero-order valence-electron chi connectivity index (χ0n) is 14.0. The standard InChI is InChI=1S/C18H26N2O3/c1-22-13-18(21)20-11-15-3-6-16(20)12-19(10-15)9-14-4-7-17(23-2)8-5-14/h4-5,7-8,15-16H,3,6,9-13H2,1-2H3/t15-,16+/m0/s1. The molecule has 3 saturated heterocycles. The first kappa shape index (κ1) is 16.3. The molecule has 2 atom stereocenters. The van der Waals surface area contributed by atoms with Crippen LogP contribution < -0.4 is 4.74 Å². The molecule has 2 bridgehead atoms. The lowest BCUT2D eigenvalue weighted by Gasteiger charge is -2.36. The van der Waals surface area contributed by atoms with Crippen LogP contribution in [-0.2, 0) is 16.1 Å². The van der Waals surface area contributed by atoms with Gasteiger partial charge in [0, 0.05) is 39.3 Å². The minimum absolute atomic E-state index is 0.133. The largest absolute Gasteiger partial charge is 0.497 e. The van der Waals surface area contributed by atoms with Crippen molar-refractivity contribution in [3.63, 3.8) is 0 Å². The lowest BCUT2D eigenvalue weighted by atomic mass is 9.95. The van der Waals surface area contributed by atoms with E-state index in [1.54, 1.807) is 14.2 Å². The maximum absolute atomic E-state index is 12.2. The van der Waals surface area contributed by atoms with Crippen LogP contribution in [0.4, 0.5) is 0 Å². The van der Waals surface area contributed by atoms with Gasteiger partial charge in [-0.1, -0.05) is 12.1 Å². The summed E-state index contributed by atoms with van der Waals surface area (Å²) in [7, 11) is 3.27. The van der Waals surface area contributed by atoms with Crippen molar-refractivity contribution in [3.05, 3.63) is 29.8 Å². The van der Waals surface area contributed by atoms with Gasteiger partial charge in [-0.2, -0.15) is 0 Å². The molecule has 0 saturated carbocycles. The summed E-state index contributed by atoms with van der Waals surface area (Å²) in [5, 5.41) is 0. The topological polar surface area (TPSA) is 42.0 Å². The average molecular weight is 318 g/mol. The molecule has 1 aromatic carbocycles. The first-order chi connectivity index (χ1) is 11.2. The summed E-state index contributed by atoms with van der Waals surface area (Å²) < 4.78 is 10.3. The molecule has 3 fully saturated rings. The van der Waals surface area contributed by atoms with Gasteiger partial charge in [0.2, 0.25) is 5.91 Å². The highest BCUT2D eigenvalue weighted by molar-refractivity contribution is 5.78. The lowest BCUT2D eigenvalue weighted by molar-refractivity contribution is -0.139. The molecule has 0 aromatic heterocycles. The van der Waals surface area contributed by atoms with Crippen molar-refractivity contribution in [1.82, 2.24) is 9.80 Å². The Hall–Kier alpha value is -1.59. The minimum Gasteiger partial charge on any atom is -0.497 e. The Morgan fingerprint density at radius 3 is 2.61 bits per heavy atom.